The molecule has 88 heavy (non-hydrogen) atoms. The summed E-state index contributed by atoms with van der Waals surface area (Å²) in [6.07, 6.45) is -33.3. The monoisotopic (exact) mass is 1350 g/mol. The molecule has 8 rings (SSSR count). The molecule has 2 saturated carbocycles. The molecule has 7 atom stereocenters. The van der Waals surface area contributed by atoms with Crippen LogP contribution in [-0.4, -0.2) is 49.3 Å². The van der Waals surface area contributed by atoms with E-state index in [-0.39, 0.29) is 84.7 Å². The third kappa shape index (κ3) is 18.2. The van der Waals surface area contributed by atoms with E-state index in [1.807, 2.05) is 49.3 Å². The smallest absolute Gasteiger partial charge is 0.358 e. The molecule has 0 heterocycles. The van der Waals surface area contributed by atoms with Gasteiger partial charge in [-0.2, -0.15) is 92.2 Å². The van der Waals surface area contributed by atoms with Gasteiger partial charge in [-0.3, -0.25) is 0 Å². The molecule has 484 valence electrons. The first-order chi connectivity index (χ1) is 39.1. The zero-order valence-corrected chi connectivity index (χ0v) is 50.9. The molecule has 0 bridgehead atoms. The third-order valence-electron chi connectivity index (χ3n) is 15.2. The van der Waals surface area contributed by atoms with E-state index < -0.39 is 132 Å². The van der Waals surface area contributed by atoms with Crippen molar-refractivity contribution < 1.29 is 109 Å². The molecule has 0 radical (unpaired) electrons. The molecular weight excluding hydrogens is 1290 g/mol. The van der Waals surface area contributed by atoms with Crippen molar-refractivity contribution in [1.29, 1.82) is 0 Å². The second kappa shape index (κ2) is 28.8. The molecule has 5 unspecified atom stereocenters. The van der Waals surface area contributed by atoms with Crippen LogP contribution in [0.15, 0.2) is 133 Å². The normalized spacial score (nSPS) is 18.9. The Kier molecular flexibility index (Phi) is 24.7. The number of halogens is 21. The summed E-state index contributed by atoms with van der Waals surface area (Å²) in [5.74, 6) is -0.747. The van der Waals surface area contributed by atoms with Crippen molar-refractivity contribution >= 4 is 37.1 Å². The molecule has 2 aliphatic carbocycles. The molecule has 2 aliphatic rings. The van der Waals surface area contributed by atoms with E-state index in [9.17, 15) is 92.2 Å². The van der Waals surface area contributed by atoms with Crippen molar-refractivity contribution in [2.75, 3.05) is 28.2 Å². The van der Waals surface area contributed by atoms with Crippen LogP contribution < -0.4 is 21.2 Å². The maximum Gasteiger partial charge on any atom is 2.00 e. The number of rotatable bonds is 12. The summed E-state index contributed by atoms with van der Waals surface area (Å²) in [5, 5.41) is -1.32. The van der Waals surface area contributed by atoms with Gasteiger partial charge in [0.1, 0.15) is 0 Å². The fraction of sp³-hybridized carbons (Fsp3) is 0.387. The SMILES string of the molecule is CN(C)[C@H](c1ccccc1)C1CCCC1P(c1cc(C(F)(F)F)cc(C(F)(F)F)c1)c1cc(C(F)(F)F)cc(C(F)(F)F)c1.Cc1cc(P(c2cc(C(F)(F)F)cc(C(F)(F)F)c2)C2CCCC2[C@@H](c2ccccc2)N(C)C)cc(C(F)(F)F)c1.[CH3-].[CH3-].[Fe+2]. The largest absolute Gasteiger partial charge is 2.00 e. The number of hydrogen-bond donors (Lipinski definition) is 0. The van der Waals surface area contributed by atoms with Gasteiger partial charge in [0.05, 0.1) is 38.9 Å². The Bertz CT molecular complexity index is 3050. The Balaban J connectivity index is 0.000000365. The van der Waals surface area contributed by atoms with Gasteiger partial charge < -0.3 is 24.7 Å². The average Bonchev–Trinajstić information content (AvgIpc) is 1.26. The van der Waals surface area contributed by atoms with E-state index in [0.717, 1.165) is 23.3 Å². The van der Waals surface area contributed by atoms with Crippen LogP contribution in [0.2, 0.25) is 0 Å². The first-order valence-corrected chi connectivity index (χ1v) is 29.0. The average molecular weight is 1350 g/mol. The Hall–Kier alpha value is -4.85. The van der Waals surface area contributed by atoms with Crippen molar-refractivity contribution in [3.05, 3.63) is 204 Å². The number of aryl methyl sites for hydroxylation is 1. The summed E-state index contributed by atoms with van der Waals surface area (Å²) in [4.78, 5) is 3.74. The number of nitrogens with zero attached hydrogens (tertiary/aromatic N) is 2. The topological polar surface area (TPSA) is 6.48 Å². The molecule has 6 aromatic rings. The summed E-state index contributed by atoms with van der Waals surface area (Å²) in [5.41, 5.74) is -10.1. The predicted octanol–water partition coefficient (Wildman–Crippen LogP) is 19.5. The first-order valence-electron chi connectivity index (χ1n) is 26.2. The van der Waals surface area contributed by atoms with Gasteiger partial charge in [0, 0.05) is 12.1 Å². The second-order valence-corrected chi connectivity index (χ2v) is 26.4. The van der Waals surface area contributed by atoms with E-state index >= 15 is 0 Å². The van der Waals surface area contributed by atoms with E-state index in [2.05, 4.69) is 0 Å². The summed E-state index contributed by atoms with van der Waals surface area (Å²) >= 11 is 0. The van der Waals surface area contributed by atoms with Crippen LogP contribution in [0.1, 0.15) is 106 Å². The zero-order valence-electron chi connectivity index (χ0n) is 48.0. The molecule has 6 aromatic carbocycles. The molecule has 0 amide bonds. The minimum atomic E-state index is -5.27. The van der Waals surface area contributed by atoms with Gasteiger partial charge in [-0.1, -0.05) is 79.6 Å². The Labute approximate surface area is 510 Å². The van der Waals surface area contributed by atoms with Crippen LogP contribution in [0, 0.1) is 33.6 Å². The fourth-order valence-corrected chi connectivity index (χ4v) is 18.5. The van der Waals surface area contributed by atoms with Crippen molar-refractivity contribution in [2.45, 2.75) is 112 Å². The molecule has 0 N–H and O–H groups in total. The van der Waals surface area contributed by atoms with Crippen molar-refractivity contribution in [3.8, 4) is 0 Å². The van der Waals surface area contributed by atoms with Crippen LogP contribution in [-0.2, 0) is 60.3 Å². The molecule has 0 spiro atoms. The molecule has 2 nitrogen and oxygen atoms in total. The van der Waals surface area contributed by atoms with Crippen LogP contribution in [0.3, 0.4) is 0 Å². The maximum absolute atomic E-state index is 13.9. The number of benzene rings is 6. The van der Waals surface area contributed by atoms with Gasteiger partial charge in [0.2, 0.25) is 0 Å². The Morgan fingerprint density at radius 1 is 0.341 bits per heavy atom. The van der Waals surface area contributed by atoms with Gasteiger partial charge in [-0.25, -0.2) is 0 Å². The predicted molar refractivity (Wildman–Crippen MR) is 299 cm³/mol. The van der Waals surface area contributed by atoms with E-state index in [0.29, 0.717) is 68.5 Å². The van der Waals surface area contributed by atoms with Crippen molar-refractivity contribution in [3.63, 3.8) is 0 Å². The molecule has 0 saturated heterocycles. The maximum atomic E-state index is 13.9. The van der Waals surface area contributed by atoms with Crippen molar-refractivity contribution in [1.82, 2.24) is 9.80 Å². The minimum absolute atomic E-state index is 0. The summed E-state index contributed by atoms with van der Waals surface area (Å²) in [6.45, 7) is 1.44. The van der Waals surface area contributed by atoms with Crippen molar-refractivity contribution in [2.24, 2.45) is 11.8 Å². The van der Waals surface area contributed by atoms with Crippen LogP contribution in [0.25, 0.3) is 0 Å². The van der Waals surface area contributed by atoms with Gasteiger partial charge in [-0.05, 0) is 204 Å². The van der Waals surface area contributed by atoms with Gasteiger partial charge in [0.25, 0.3) is 0 Å². The van der Waals surface area contributed by atoms with Gasteiger partial charge in [-0.15, -0.1) is 0 Å². The quantitative estimate of drug-likeness (QED) is 0.0521. The molecule has 0 aromatic heterocycles. The third-order valence-corrected chi connectivity index (χ3v) is 21.0. The second-order valence-electron chi connectivity index (χ2n) is 21.5. The van der Waals surface area contributed by atoms with Crippen LogP contribution in [0.5, 0.6) is 0 Å². The number of hydrogen-bond acceptors (Lipinski definition) is 2. The molecule has 26 heteroatoms. The molecule has 2 fully saturated rings. The molecule has 0 aliphatic heterocycles. The minimum Gasteiger partial charge on any atom is -0.358 e. The standard InChI is InChI=1S/C30H26F12NP.C30H29F9NP.2CH3.Fe/c1-43(2)26(17-7-4-3-5-8-17)24-9-6-10-25(24)44(22-13-18(27(31,32)33)11-19(14-22)28(34,35)36)23-15-20(29(37,38)39)12-21(16-23)30(40,41)42;1-18-12-20(28(31,32)33)15-23(13-18)41(24-16-21(29(34,35)36)14-22(17-24)30(37,38)39)26-11-7-10-25(26)27(40(2)3)19-8-5-4-6-9-19;;;/h3-5,7-8,11-16,24-26H,6,9-10H2,1-2H3;4-6,8-9,12-17,25-27H,7,10-11H2,1-3H3;2*1H3;/q;;2*-1;+2/t24?,25?,26-;25?,26?,27-,41?;;;/m11.../s1. The van der Waals surface area contributed by atoms with Crippen LogP contribution in [0.4, 0.5) is 92.2 Å². The summed E-state index contributed by atoms with van der Waals surface area (Å²) < 4.78 is 292. The molecular formula is C62H61F21FeN2P2. The van der Waals surface area contributed by atoms with E-state index in [1.165, 1.54) is 13.0 Å². The van der Waals surface area contributed by atoms with E-state index in [1.54, 1.807) is 49.3 Å². The Morgan fingerprint density at radius 3 is 0.795 bits per heavy atom. The van der Waals surface area contributed by atoms with Gasteiger partial charge >= 0.3 is 60.3 Å². The first kappa shape index (κ1) is 75.6. The summed E-state index contributed by atoms with van der Waals surface area (Å²) in [7, 11) is 2.40. The van der Waals surface area contributed by atoms with Crippen LogP contribution >= 0.6 is 15.8 Å². The van der Waals surface area contributed by atoms with E-state index in [4.69, 9.17) is 0 Å². The van der Waals surface area contributed by atoms with Gasteiger partial charge in [0.15, 0.2) is 0 Å². The fourth-order valence-electron chi connectivity index (χ4n) is 11.8. The summed E-state index contributed by atoms with van der Waals surface area (Å²) in [6, 6.07) is 23.6. The Morgan fingerprint density at radius 2 is 0.568 bits per heavy atom. The number of alkyl halides is 21. The zero-order chi connectivity index (χ0) is 63.2.